The average Bonchev–Trinajstić information content (AvgIpc) is 3.56. The molecule has 0 fully saturated rings. The van der Waals surface area contributed by atoms with Crippen LogP contribution in [0.3, 0.4) is 0 Å². The van der Waals surface area contributed by atoms with Crippen molar-refractivity contribution in [3.63, 3.8) is 0 Å². The Kier molecular flexibility index (Phi) is 8.98. The maximum Gasteiger partial charge on any atom is 0.0116 e. The van der Waals surface area contributed by atoms with Crippen LogP contribution in [0.15, 0.2) is 146 Å². The Balaban J connectivity index is 0.000000135. The fraction of sp³-hybridized carbons (Fsp3) is 0.0526. The van der Waals surface area contributed by atoms with Gasteiger partial charge in [-0.05, 0) is 22.3 Å². The summed E-state index contributed by atoms with van der Waals surface area (Å²) in [5.41, 5.74) is 13.4. The number of hydrogen-bond acceptors (Lipinski definition) is 0. The van der Waals surface area contributed by atoms with Gasteiger partial charge < -0.3 is 0 Å². The molecule has 6 aromatic carbocycles. The van der Waals surface area contributed by atoms with Gasteiger partial charge in [0.1, 0.15) is 0 Å². The molecule has 0 radical (unpaired) electrons. The van der Waals surface area contributed by atoms with Gasteiger partial charge in [0.2, 0.25) is 0 Å². The van der Waals surface area contributed by atoms with E-state index in [0.717, 1.165) is 0 Å². The molecule has 2 unspecified atom stereocenters. The Bertz CT molecular complexity index is 1530. The van der Waals surface area contributed by atoms with Gasteiger partial charge in [-0.15, -0.1) is 22.3 Å². The van der Waals surface area contributed by atoms with Crippen LogP contribution in [0.1, 0.15) is 45.2 Å². The summed E-state index contributed by atoms with van der Waals surface area (Å²) in [6.45, 7) is 0. The van der Waals surface area contributed by atoms with Crippen LogP contribution in [0.25, 0.3) is 22.3 Å². The van der Waals surface area contributed by atoms with Gasteiger partial charge in [0.05, 0.1) is 0 Å². The second-order valence-electron chi connectivity index (χ2n) is 9.93. The topological polar surface area (TPSA) is 0 Å². The van der Waals surface area contributed by atoms with Crippen molar-refractivity contribution in [3.05, 3.63) is 191 Å². The normalized spacial score (nSPS) is 15.0. The largest absolute Gasteiger partial charge is 0.179 e. The molecule has 0 nitrogen and oxygen atoms in total. The number of fused-ring (bicyclic) bond motifs is 6. The Morgan fingerprint density at radius 2 is 0.756 bits per heavy atom. The van der Waals surface area contributed by atoms with Crippen LogP contribution >= 0.6 is 17.0 Å². The molecule has 6 aromatic rings. The quantitative estimate of drug-likeness (QED) is 0.164. The maximum atomic E-state index is 4.93. The summed E-state index contributed by atoms with van der Waals surface area (Å²) in [6, 6.07) is 58.2. The molecule has 2 aliphatic rings. The molecule has 0 aromatic heterocycles. The van der Waals surface area contributed by atoms with E-state index in [9.17, 15) is 0 Å². The minimum atomic E-state index is -0.826. The Hall–Kier alpha value is -3.22. The van der Waals surface area contributed by atoms with Gasteiger partial charge in [-0.2, -0.15) is 48.5 Å². The first-order chi connectivity index (χ1) is 20.3. The average molecular weight is 645 g/mol. The summed E-state index contributed by atoms with van der Waals surface area (Å²) in [5.74, 6) is 0.655. The van der Waals surface area contributed by atoms with Crippen molar-refractivity contribution in [1.29, 1.82) is 0 Å². The van der Waals surface area contributed by atoms with E-state index in [1.807, 2.05) is 12.1 Å². The molecule has 0 N–H and O–H groups in total. The molecule has 3 heteroatoms. The molecule has 196 valence electrons. The third-order valence-electron chi connectivity index (χ3n) is 7.74. The summed E-state index contributed by atoms with van der Waals surface area (Å²) >= 11 is -0.826. The van der Waals surface area contributed by atoms with E-state index in [1.165, 1.54) is 55.6 Å². The van der Waals surface area contributed by atoms with E-state index in [4.69, 9.17) is 17.0 Å². The van der Waals surface area contributed by atoms with Gasteiger partial charge in [-0.1, -0.05) is 120 Å². The molecule has 41 heavy (non-hydrogen) atoms. The molecule has 2 atom stereocenters. The molecule has 0 saturated carbocycles. The molecule has 0 heterocycles. The SMILES string of the molecule is [Cl][Zr+2][Cl].[c-]1cccc2c1C(c1ccccc1)c1ccccc1-2.[c-]1cccc2c1C(c1ccccc1)c1ccccc1-2. The zero-order valence-corrected chi connectivity index (χ0v) is 26.2. The van der Waals surface area contributed by atoms with Gasteiger partial charge in [0, 0.05) is 11.8 Å². The number of halogens is 2. The summed E-state index contributed by atoms with van der Waals surface area (Å²) in [7, 11) is 9.87. The monoisotopic (exact) mass is 642 g/mol. The number of hydrogen-bond donors (Lipinski definition) is 0. The van der Waals surface area contributed by atoms with E-state index in [-0.39, 0.29) is 0 Å². The third kappa shape index (κ3) is 5.65. The van der Waals surface area contributed by atoms with E-state index in [1.54, 1.807) is 0 Å². The first-order valence-corrected chi connectivity index (χ1v) is 19.9. The van der Waals surface area contributed by atoms with Crippen LogP contribution in [0.5, 0.6) is 0 Å². The Labute approximate surface area is 261 Å². The van der Waals surface area contributed by atoms with Crippen molar-refractivity contribution in [2.45, 2.75) is 11.8 Å². The predicted molar refractivity (Wildman–Crippen MR) is 168 cm³/mol. The fourth-order valence-electron chi connectivity index (χ4n) is 6.13. The maximum absolute atomic E-state index is 4.93. The number of benzene rings is 6. The van der Waals surface area contributed by atoms with Crippen molar-refractivity contribution < 1.29 is 20.8 Å². The van der Waals surface area contributed by atoms with Crippen molar-refractivity contribution in [2.75, 3.05) is 0 Å². The Morgan fingerprint density at radius 1 is 0.415 bits per heavy atom. The zero-order valence-electron chi connectivity index (χ0n) is 22.3. The third-order valence-corrected chi connectivity index (χ3v) is 7.74. The van der Waals surface area contributed by atoms with Crippen molar-refractivity contribution in [1.82, 2.24) is 0 Å². The van der Waals surface area contributed by atoms with Crippen LogP contribution in [-0.4, -0.2) is 0 Å². The second kappa shape index (κ2) is 13.2. The van der Waals surface area contributed by atoms with E-state index in [0.29, 0.717) is 11.8 Å². The van der Waals surface area contributed by atoms with Crippen LogP contribution in [0, 0.1) is 12.1 Å². The fourth-order valence-corrected chi connectivity index (χ4v) is 6.13. The van der Waals surface area contributed by atoms with Crippen LogP contribution in [0.4, 0.5) is 0 Å². The van der Waals surface area contributed by atoms with Gasteiger partial charge in [0.25, 0.3) is 0 Å². The van der Waals surface area contributed by atoms with Gasteiger partial charge >= 0.3 is 37.9 Å². The smallest absolute Gasteiger partial charge is 0.0116 e. The second-order valence-corrected chi connectivity index (χ2v) is 13.7. The standard InChI is InChI=1S/2C19H13.2ClH.Zr/c2*1-2-8-14(9-3-1)19-17-12-6-4-10-15(17)16-11-5-7-13-18(16)19;;;/h2*1-12,19H;2*1H;/q2*-1;;;+4/p-2. The van der Waals surface area contributed by atoms with Crippen molar-refractivity contribution in [3.8, 4) is 22.3 Å². The van der Waals surface area contributed by atoms with Gasteiger partial charge in [0.15, 0.2) is 0 Å². The van der Waals surface area contributed by atoms with Crippen LogP contribution in [-0.2, 0) is 20.8 Å². The summed E-state index contributed by atoms with van der Waals surface area (Å²) in [6.07, 6.45) is 0. The molecule has 2 aliphatic carbocycles. The molecule has 0 spiro atoms. The van der Waals surface area contributed by atoms with E-state index < -0.39 is 20.8 Å². The van der Waals surface area contributed by atoms with Gasteiger partial charge in [-0.3, -0.25) is 0 Å². The van der Waals surface area contributed by atoms with Crippen LogP contribution < -0.4 is 0 Å². The zero-order chi connectivity index (χ0) is 28.0. The Morgan fingerprint density at radius 3 is 1.17 bits per heavy atom. The van der Waals surface area contributed by atoms with Crippen molar-refractivity contribution in [2.24, 2.45) is 0 Å². The minimum absolute atomic E-state index is 0.327. The molecular weight excluding hydrogens is 619 g/mol. The van der Waals surface area contributed by atoms with E-state index >= 15 is 0 Å². The van der Waals surface area contributed by atoms with Gasteiger partial charge in [-0.25, -0.2) is 0 Å². The molecule has 0 bridgehead atoms. The van der Waals surface area contributed by atoms with Crippen molar-refractivity contribution >= 4 is 17.0 Å². The molecule has 0 amide bonds. The van der Waals surface area contributed by atoms with Crippen LogP contribution in [0.2, 0.25) is 0 Å². The first kappa shape index (κ1) is 27.9. The molecular formula is C38H26Cl2Zr. The predicted octanol–water partition coefficient (Wildman–Crippen LogP) is 10.7. The minimum Gasteiger partial charge on any atom is -0.179 e. The first-order valence-electron chi connectivity index (χ1n) is 13.6. The van der Waals surface area contributed by atoms with E-state index in [2.05, 4.69) is 146 Å². The summed E-state index contributed by atoms with van der Waals surface area (Å²) < 4.78 is 0. The molecule has 0 saturated heterocycles. The summed E-state index contributed by atoms with van der Waals surface area (Å²) in [5, 5.41) is 0. The molecule has 8 rings (SSSR count). The summed E-state index contributed by atoms with van der Waals surface area (Å²) in [4.78, 5) is 0. The number of rotatable bonds is 2. The molecule has 0 aliphatic heterocycles.